The van der Waals surface area contributed by atoms with Crippen molar-refractivity contribution in [2.24, 2.45) is 0 Å². The number of anilines is 1. The van der Waals surface area contributed by atoms with Crippen LogP contribution in [-0.4, -0.2) is 0 Å². The SMILES string of the molecule is CC(C)c1cccc(NC(C)c2ccsc2)c1. The maximum atomic E-state index is 3.55. The molecule has 1 N–H and O–H groups in total. The summed E-state index contributed by atoms with van der Waals surface area (Å²) in [5.74, 6) is 0.577. The zero-order valence-electron chi connectivity index (χ0n) is 10.6. The molecule has 2 aromatic rings. The van der Waals surface area contributed by atoms with Crippen LogP contribution in [0.3, 0.4) is 0 Å². The number of rotatable bonds is 4. The van der Waals surface area contributed by atoms with Crippen LogP contribution in [0.4, 0.5) is 5.69 Å². The number of hydrogen-bond donors (Lipinski definition) is 1. The van der Waals surface area contributed by atoms with Gasteiger partial charge in [-0.25, -0.2) is 0 Å². The molecule has 0 saturated carbocycles. The summed E-state index contributed by atoms with van der Waals surface area (Å²) < 4.78 is 0. The van der Waals surface area contributed by atoms with Gasteiger partial charge in [0.15, 0.2) is 0 Å². The van der Waals surface area contributed by atoms with Crippen LogP contribution < -0.4 is 5.32 Å². The third-order valence-corrected chi connectivity index (χ3v) is 3.68. The average molecular weight is 245 g/mol. The zero-order chi connectivity index (χ0) is 12.3. The fraction of sp³-hybridized carbons (Fsp3) is 0.333. The van der Waals surface area contributed by atoms with Crippen molar-refractivity contribution < 1.29 is 0 Å². The van der Waals surface area contributed by atoms with E-state index < -0.39 is 0 Å². The molecule has 0 amide bonds. The monoisotopic (exact) mass is 245 g/mol. The van der Waals surface area contributed by atoms with Gasteiger partial charge in [0.25, 0.3) is 0 Å². The molecule has 90 valence electrons. The van der Waals surface area contributed by atoms with Gasteiger partial charge >= 0.3 is 0 Å². The molecule has 1 aromatic heterocycles. The lowest BCUT2D eigenvalue weighted by atomic mass is 10.0. The summed E-state index contributed by atoms with van der Waals surface area (Å²) in [6, 6.07) is 11.2. The summed E-state index contributed by atoms with van der Waals surface area (Å²) >= 11 is 1.75. The molecule has 2 heteroatoms. The molecule has 0 spiro atoms. The molecule has 0 bridgehead atoms. The molecule has 1 unspecified atom stereocenters. The van der Waals surface area contributed by atoms with E-state index in [0.29, 0.717) is 12.0 Å². The highest BCUT2D eigenvalue weighted by molar-refractivity contribution is 7.07. The topological polar surface area (TPSA) is 12.0 Å². The van der Waals surface area contributed by atoms with E-state index in [1.807, 2.05) is 0 Å². The van der Waals surface area contributed by atoms with Crippen LogP contribution in [0.1, 0.15) is 43.9 Å². The van der Waals surface area contributed by atoms with Crippen LogP contribution in [0.15, 0.2) is 41.1 Å². The van der Waals surface area contributed by atoms with E-state index in [1.165, 1.54) is 16.8 Å². The van der Waals surface area contributed by atoms with E-state index in [2.05, 4.69) is 67.2 Å². The van der Waals surface area contributed by atoms with Gasteiger partial charge in [0.05, 0.1) is 0 Å². The van der Waals surface area contributed by atoms with Crippen molar-refractivity contribution in [1.29, 1.82) is 0 Å². The molecular formula is C15H19NS. The number of benzene rings is 1. The summed E-state index contributed by atoms with van der Waals surface area (Å²) in [5.41, 5.74) is 3.94. The third kappa shape index (κ3) is 3.10. The lowest BCUT2D eigenvalue weighted by Crippen LogP contribution is -2.05. The summed E-state index contributed by atoms with van der Waals surface area (Å²) in [6.07, 6.45) is 0. The molecule has 0 aliphatic heterocycles. The molecule has 2 rings (SSSR count). The molecule has 0 saturated heterocycles. The van der Waals surface area contributed by atoms with E-state index in [-0.39, 0.29) is 0 Å². The highest BCUT2D eigenvalue weighted by Gasteiger charge is 2.06. The fourth-order valence-electron chi connectivity index (χ4n) is 1.84. The lowest BCUT2D eigenvalue weighted by molar-refractivity contribution is 0.860. The maximum Gasteiger partial charge on any atom is 0.0493 e. The normalized spacial score (nSPS) is 12.7. The van der Waals surface area contributed by atoms with Gasteiger partial charge in [-0.05, 0) is 52.9 Å². The first kappa shape index (κ1) is 12.2. The van der Waals surface area contributed by atoms with Crippen LogP contribution in [-0.2, 0) is 0 Å². The second kappa shape index (κ2) is 5.37. The Morgan fingerprint density at radius 3 is 2.53 bits per heavy atom. The fourth-order valence-corrected chi connectivity index (χ4v) is 2.60. The van der Waals surface area contributed by atoms with Crippen LogP contribution >= 0.6 is 11.3 Å². The van der Waals surface area contributed by atoms with Gasteiger partial charge in [0.2, 0.25) is 0 Å². The second-order valence-electron chi connectivity index (χ2n) is 4.70. The number of hydrogen-bond acceptors (Lipinski definition) is 2. The van der Waals surface area contributed by atoms with E-state index in [0.717, 1.165) is 0 Å². The van der Waals surface area contributed by atoms with Crippen LogP contribution in [0, 0.1) is 0 Å². The predicted octanol–water partition coefficient (Wildman–Crippen LogP) is 5.04. The maximum absolute atomic E-state index is 3.55. The molecule has 1 nitrogen and oxygen atoms in total. The van der Waals surface area contributed by atoms with Gasteiger partial charge in [-0.2, -0.15) is 11.3 Å². The molecule has 1 atom stereocenters. The minimum atomic E-state index is 0.365. The van der Waals surface area contributed by atoms with Crippen molar-refractivity contribution in [3.63, 3.8) is 0 Å². The Bertz CT molecular complexity index is 460. The van der Waals surface area contributed by atoms with Crippen LogP contribution in [0.5, 0.6) is 0 Å². The largest absolute Gasteiger partial charge is 0.378 e. The van der Waals surface area contributed by atoms with E-state index in [9.17, 15) is 0 Å². The zero-order valence-corrected chi connectivity index (χ0v) is 11.4. The Morgan fingerprint density at radius 2 is 1.88 bits per heavy atom. The van der Waals surface area contributed by atoms with Crippen LogP contribution in [0.25, 0.3) is 0 Å². The van der Waals surface area contributed by atoms with Crippen molar-refractivity contribution in [2.75, 3.05) is 5.32 Å². The first-order chi connectivity index (χ1) is 8.16. The quantitative estimate of drug-likeness (QED) is 0.795. The van der Waals surface area contributed by atoms with E-state index in [1.54, 1.807) is 11.3 Å². The molecule has 17 heavy (non-hydrogen) atoms. The average Bonchev–Trinajstić information content (AvgIpc) is 2.82. The standard InChI is InChI=1S/C15H19NS/c1-11(2)13-5-4-6-15(9-13)16-12(3)14-7-8-17-10-14/h4-12,16H,1-3H3. The third-order valence-electron chi connectivity index (χ3n) is 2.98. The van der Waals surface area contributed by atoms with E-state index in [4.69, 9.17) is 0 Å². The number of nitrogens with one attached hydrogen (secondary N) is 1. The van der Waals surface area contributed by atoms with Gasteiger partial charge in [-0.3, -0.25) is 0 Å². The summed E-state index contributed by atoms with van der Waals surface area (Å²) in [5, 5.41) is 7.87. The Labute approximate surface area is 108 Å². The number of thiophene rings is 1. The summed E-state index contributed by atoms with van der Waals surface area (Å²) in [6.45, 7) is 6.65. The Kier molecular flexibility index (Phi) is 3.85. The minimum absolute atomic E-state index is 0.365. The first-order valence-corrected chi connectivity index (χ1v) is 6.99. The Balaban J connectivity index is 2.11. The van der Waals surface area contributed by atoms with E-state index >= 15 is 0 Å². The summed E-state index contributed by atoms with van der Waals surface area (Å²) in [7, 11) is 0. The molecule has 1 aromatic carbocycles. The van der Waals surface area contributed by atoms with Gasteiger partial charge in [0, 0.05) is 11.7 Å². The smallest absolute Gasteiger partial charge is 0.0493 e. The van der Waals surface area contributed by atoms with Crippen molar-refractivity contribution in [3.05, 3.63) is 52.2 Å². The van der Waals surface area contributed by atoms with Gasteiger partial charge in [-0.1, -0.05) is 26.0 Å². The molecular weight excluding hydrogens is 226 g/mol. The van der Waals surface area contributed by atoms with Crippen molar-refractivity contribution >= 4 is 17.0 Å². The highest BCUT2D eigenvalue weighted by Crippen LogP contribution is 2.23. The van der Waals surface area contributed by atoms with Crippen LogP contribution in [0.2, 0.25) is 0 Å². The molecule has 0 radical (unpaired) electrons. The second-order valence-corrected chi connectivity index (χ2v) is 5.48. The van der Waals surface area contributed by atoms with Crippen molar-refractivity contribution in [3.8, 4) is 0 Å². The summed E-state index contributed by atoms with van der Waals surface area (Å²) in [4.78, 5) is 0. The highest BCUT2D eigenvalue weighted by atomic mass is 32.1. The van der Waals surface area contributed by atoms with Gasteiger partial charge < -0.3 is 5.32 Å². The van der Waals surface area contributed by atoms with Crippen molar-refractivity contribution in [2.45, 2.75) is 32.7 Å². The predicted molar refractivity (Wildman–Crippen MR) is 76.9 cm³/mol. The van der Waals surface area contributed by atoms with Crippen molar-refractivity contribution in [1.82, 2.24) is 0 Å². The van der Waals surface area contributed by atoms with Gasteiger partial charge in [-0.15, -0.1) is 0 Å². The minimum Gasteiger partial charge on any atom is -0.378 e. The molecule has 1 heterocycles. The van der Waals surface area contributed by atoms with Gasteiger partial charge in [0.1, 0.15) is 0 Å². The molecule has 0 aliphatic rings. The first-order valence-electron chi connectivity index (χ1n) is 6.05. The molecule has 0 fully saturated rings. The Morgan fingerprint density at radius 1 is 1.06 bits per heavy atom. The molecule has 0 aliphatic carbocycles. The Hall–Kier alpha value is -1.28. The lowest BCUT2D eigenvalue weighted by Gasteiger charge is -2.15.